The van der Waals surface area contributed by atoms with Gasteiger partial charge in [-0.25, -0.2) is 0 Å². The normalized spacial score (nSPS) is 27.9. The number of rotatable bonds is 57. The molecule has 12 N–H and O–H groups in total. The number of allylic oxidation sites excluding steroid dienone is 9. The van der Waals surface area contributed by atoms with E-state index in [-0.39, 0.29) is 18.9 Å². The van der Waals surface area contributed by atoms with Crippen molar-refractivity contribution in [1.82, 2.24) is 5.32 Å². The number of unbranched alkanes of at least 4 members (excludes halogenated alkanes) is 33. The van der Waals surface area contributed by atoms with Crippen LogP contribution in [0, 0.1) is 0 Å². The van der Waals surface area contributed by atoms with Gasteiger partial charge in [0.05, 0.1) is 38.6 Å². The molecule has 19 nitrogen and oxygen atoms in total. The van der Waals surface area contributed by atoms with Crippen LogP contribution in [-0.2, 0) is 33.2 Å². The minimum atomic E-state index is -1.98. The number of aliphatic hydroxyl groups is 11. The number of hydrogen-bond acceptors (Lipinski definition) is 18. The van der Waals surface area contributed by atoms with Crippen molar-refractivity contribution in [3.05, 3.63) is 60.8 Å². The standard InChI is InChI=1S/C74H133NO18/c1-3-5-7-9-11-13-15-17-19-21-23-25-27-28-30-32-34-36-38-40-42-44-46-48-50-52-62(80)75-57(58(79)51-49-47-45-43-41-39-37-35-33-31-29-26-24-22-20-18-16-14-12-10-8-6-4-2)56-88-72-68(86)65(83)70(60(54-77)90-72)93-74-69(87)66(84)71(61(55-78)91-74)92-73-67(85)64(82)63(81)59(53-76)89-73/h15,17,21,23,27-28,41,43,49,51,57-61,63-74,76-79,81-87H,3-14,16,18-20,22,24-26,29-40,42,44-48,50,52-56H2,1-2H3,(H,75,80)/b17-15-,23-21-,28-27-,43-41+,51-49+. The van der Waals surface area contributed by atoms with E-state index in [2.05, 4.69) is 67.8 Å². The number of amides is 1. The van der Waals surface area contributed by atoms with Crippen molar-refractivity contribution >= 4 is 5.91 Å². The lowest BCUT2D eigenvalue weighted by molar-refractivity contribution is -0.379. The Hall–Kier alpha value is -2.51. The van der Waals surface area contributed by atoms with Crippen LogP contribution in [-0.4, -0.2) is 193 Å². The van der Waals surface area contributed by atoms with E-state index in [0.717, 1.165) is 64.2 Å². The third kappa shape index (κ3) is 36.8. The predicted octanol–water partition coefficient (Wildman–Crippen LogP) is 10.7. The molecule has 542 valence electrons. The second-order valence-electron chi connectivity index (χ2n) is 26.4. The Labute approximate surface area is 560 Å². The van der Waals surface area contributed by atoms with Gasteiger partial charge in [0, 0.05) is 6.42 Å². The first-order chi connectivity index (χ1) is 45.3. The second-order valence-corrected chi connectivity index (χ2v) is 26.4. The Morgan fingerprint density at radius 2 is 0.720 bits per heavy atom. The number of nitrogens with one attached hydrogen (secondary N) is 1. The molecule has 3 heterocycles. The van der Waals surface area contributed by atoms with E-state index >= 15 is 0 Å². The van der Waals surface area contributed by atoms with Crippen LogP contribution in [0.15, 0.2) is 60.8 Å². The first kappa shape index (κ1) is 84.7. The van der Waals surface area contributed by atoms with Crippen LogP contribution in [0.1, 0.15) is 271 Å². The molecule has 0 bridgehead atoms. The summed E-state index contributed by atoms with van der Waals surface area (Å²) in [5.74, 6) is -0.289. The van der Waals surface area contributed by atoms with Crippen molar-refractivity contribution in [2.24, 2.45) is 0 Å². The first-order valence-corrected chi connectivity index (χ1v) is 37.0. The van der Waals surface area contributed by atoms with E-state index in [9.17, 15) is 61.0 Å². The summed E-state index contributed by atoms with van der Waals surface area (Å²) in [6.07, 6.45) is 41.9. The maximum Gasteiger partial charge on any atom is 0.220 e. The van der Waals surface area contributed by atoms with Gasteiger partial charge in [0.15, 0.2) is 18.9 Å². The summed E-state index contributed by atoms with van der Waals surface area (Å²) in [5.41, 5.74) is 0. The zero-order valence-electron chi connectivity index (χ0n) is 57.5. The van der Waals surface area contributed by atoms with Crippen LogP contribution in [0.3, 0.4) is 0 Å². The summed E-state index contributed by atoms with van der Waals surface area (Å²) in [4.78, 5) is 13.4. The van der Waals surface area contributed by atoms with Gasteiger partial charge in [-0.2, -0.15) is 0 Å². The Kier molecular flexibility index (Phi) is 50.4. The van der Waals surface area contributed by atoms with Crippen LogP contribution < -0.4 is 5.32 Å². The maximum absolute atomic E-state index is 13.4. The van der Waals surface area contributed by atoms with Gasteiger partial charge in [-0.15, -0.1) is 0 Å². The average Bonchev–Trinajstić information content (AvgIpc) is 0.819. The monoisotopic (exact) mass is 1320 g/mol. The highest BCUT2D eigenvalue weighted by Crippen LogP contribution is 2.33. The van der Waals surface area contributed by atoms with Crippen LogP contribution in [0.2, 0.25) is 0 Å². The molecule has 0 aliphatic carbocycles. The lowest BCUT2D eigenvalue weighted by Gasteiger charge is -2.48. The molecule has 3 aliphatic rings. The van der Waals surface area contributed by atoms with Crippen molar-refractivity contribution in [1.29, 1.82) is 0 Å². The van der Waals surface area contributed by atoms with Gasteiger partial charge in [-0.1, -0.05) is 254 Å². The molecule has 19 heteroatoms. The molecule has 0 saturated carbocycles. The Bertz CT molecular complexity index is 1920. The highest BCUT2D eigenvalue weighted by atomic mass is 16.8. The molecule has 3 aliphatic heterocycles. The summed E-state index contributed by atoms with van der Waals surface area (Å²) in [6, 6.07) is -0.996. The molecule has 0 aromatic carbocycles. The van der Waals surface area contributed by atoms with E-state index in [1.54, 1.807) is 6.08 Å². The molecule has 3 fully saturated rings. The SMILES string of the molecule is CCCCCCC/C=C\C/C=C\C/C=C\CCCCCCCCCCCCC(=O)NC(COC1OC(CO)C(OC2OC(CO)C(OC3OC(CO)C(O)C(O)C3O)C(O)C2O)C(O)C1O)C(O)/C=C/CC/C=C/CCCCCCCCCCCCCCCCCCC. The molecule has 0 aromatic rings. The topological polar surface area (TPSA) is 307 Å². The maximum atomic E-state index is 13.4. The summed E-state index contributed by atoms with van der Waals surface area (Å²) in [5, 5.41) is 121. The van der Waals surface area contributed by atoms with Crippen molar-refractivity contribution in [3.63, 3.8) is 0 Å². The molecule has 17 atom stereocenters. The lowest BCUT2D eigenvalue weighted by atomic mass is 9.96. The molecule has 3 rings (SSSR count). The van der Waals surface area contributed by atoms with Gasteiger partial charge in [0.25, 0.3) is 0 Å². The minimum Gasteiger partial charge on any atom is -0.394 e. The molecule has 17 unspecified atom stereocenters. The number of hydrogen-bond donors (Lipinski definition) is 12. The van der Waals surface area contributed by atoms with E-state index in [0.29, 0.717) is 12.8 Å². The van der Waals surface area contributed by atoms with Gasteiger partial charge >= 0.3 is 0 Å². The smallest absolute Gasteiger partial charge is 0.220 e. The van der Waals surface area contributed by atoms with Crippen LogP contribution >= 0.6 is 0 Å². The van der Waals surface area contributed by atoms with E-state index in [1.165, 1.54) is 173 Å². The van der Waals surface area contributed by atoms with E-state index in [1.807, 2.05) is 6.08 Å². The number of carbonyl (C=O) groups excluding carboxylic acids is 1. The van der Waals surface area contributed by atoms with Gasteiger partial charge in [0.2, 0.25) is 5.91 Å². The van der Waals surface area contributed by atoms with Gasteiger partial charge in [-0.3, -0.25) is 4.79 Å². The molecule has 0 radical (unpaired) electrons. The Morgan fingerprint density at radius 1 is 0.387 bits per heavy atom. The zero-order valence-corrected chi connectivity index (χ0v) is 57.5. The number of ether oxygens (including phenoxy) is 6. The van der Waals surface area contributed by atoms with Crippen LogP contribution in [0.5, 0.6) is 0 Å². The van der Waals surface area contributed by atoms with E-state index < -0.39 is 124 Å². The van der Waals surface area contributed by atoms with Gasteiger partial charge in [-0.05, 0) is 70.6 Å². The zero-order chi connectivity index (χ0) is 67.5. The van der Waals surface area contributed by atoms with Gasteiger partial charge < -0.3 is 89.9 Å². The van der Waals surface area contributed by atoms with Crippen LogP contribution in [0.25, 0.3) is 0 Å². The third-order valence-corrected chi connectivity index (χ3v) is 18.3. The summed E-state index contributed by atoms with van der Waals surface area (Å²) >= 11 is 0. The second kappa shape index (κ2) is 55.4. The molecular weight excluding hydrogens is 1190 g/mol. The van der Waals surface area contributed by atoms with Gasteiger partial charge in [0.1, 0.15) is 73.2 Å². The van der Waals surface area contributed by atoms with Crippen molar-refractivity contribution < 1.29 is 89.4 Å². The quantitative estimate of drug-likeness (QED) is 0.0199. The molecule has 3 saturated heterocycles. The van der Waals surface area contributed by atoms with Crippen LogP contribution in [0.4, 0.5) is 0 Å². The third-order valence-electron chi connectivity index (χ3n) is 18.3. The lowest BCUT2D eigenvalue weighted by Crippen LogP contribution is -2.66. The molecule has 0 spiro atoms. The predicted molar refractivity (Wildman–Crippen MR) is 365 cm³/mol. The fourth-order valence-electron chi connectivity index (χ4n) is 12.3. The van der Waals surface area contributed by atoms with Crippen molar-refractivity contribution in [3.8, 4) is 0 Å². The number of carbonyl (C=O) groups is 1. The van der Waals surface area contributed by atoms with Crippen molar-refractivity contribution in [2.75, 3.05) is 26.4 Å². The Morgan fingerprint density at radius 3 is 1.15 bits per heavy atom. The largest absolute Gasteiger partial charge is 0.394 e. The highest BCUT2D eigenvalue weighted by Gasteiger charge is 2.53. The van der Waals surface area contributed by atoms with E-state index in [4.69, 9.17) is 28.4 Å². The minimum absolute atomic E-state index is 0.229. The highest BCUT2D eigenvalue weighted by molar-refractivity contribution is 5.76. The fraction of sp³-hybridized carbons (Fsp3) is 0.851. The summed E-state index contributed by atoms with van der Waals surface area (Å²) < 4.78 is 34.4. The summed E-state index contributed by atoms with van der Waals surface area (Å²) in [7, 11) is 0. The Balaban J connectivity index is 1.43. The molecule has 0 aromatic heterocycles. The van der Waals surface area contributed by atoms with Crippen molar-refractivity contribution in [2.45, 2.75) is 375 Å². The summed E-state index contributed by atoms with van der Waals surface area (Å²) in [6.45, 7) is 1.72. The fourth-order valence-corrected chi connectivity index (χ4v) is 12.3. The number of aliphatic hydroxyl groups excluding tert-OH is 11. The molecular formula is C74H133NO18. The first-order valence-electron chi connectivity index (χ1n) is 37.0. The average molecular weight is 1320 g/mol. The molecule has 93 heavy (non-hydrogen) atoms. The molecule has 1 amide bonds.